The molecule has 1 aliphatic heterocycles. The minimum atomic E-state index is -0.508. The Kier molecular flexibility index (Phi) is 7.88. The normalized spacial score (nSPS) is 14.7. The van der Waals surface area contributed by atoms with Gasteiger partial charge in [-0.25, -0.2) is 10.6 Å². The van der Waals surface area contributed by atoms with Crippen molar-refractivity contribution in [2.75, 3.05) is 51.2 Å². The van der Waals surface area contributed by atoms with Crippen LogP contribution in [0.2, 0.25) is 0 Å². The van der Waals surface area contributed by atoms with Crippen LogP contribution in [-0.2, 0) is 4.79 Å². The number of urea groups is 1. The third kappa shape index (κ3) is 5.84. The fourth-order valence-electron chi connectivity index (χ4n) is 3.27. The summed E-state index contributed by atoms with van der Waals surface area (Å²) in [6.07, 6.45) is 2.86. The van der Waals surface area contributed by atoms with Crippen LogP contribution in [-0.4, -0.2) is 80.9 Å². The number of para-hydroxylation sites is 1. The molecule has 0 unspecified atom stereocenters. The lowest BCUT2D eigenvalue weighted by Gasteiger charge is -2.37. The minimum Gasteiger partial charge on any atom is -0.369 e. The number of piperazine rings is 1. The summed E-state index contributed by atoms with van der Waals surface area (Å²) in [6.45, 7) is 8.92. The van der Waals surface area contributed by atoms with Crippen molar-refractivity contribution >= 4 is 30.9 Å². The zero-order valence-electron chi connectivity index (χ0n) is 16.4. The molecule has 1 aromatic rings. The van der Waals surface area contributed by atoms with Gasteiger partial charge < -0.3 is 4.90 Å². The Morgan fingerprint density at radius 2 is 1.89 bits per heavy atom. The highest BCUT2D eigenvalue weighted by Gasteiger charge is 2.20. The fraction of sp³-hybridized carbons (Fsp3) is 0.474. The second-order valence-electron chi connectivity index (χ2n) is 6.90. The molecule has 8 heteroatoms. The number of rotatable bonds is 7. The number of hydrazine groups is 1. The zero-order chi connectivity index (χ0) is 19.8. The predicted octanol–water partition coefficient (Wildman–Crippen LogP) is -0.213. The number of benzene rings is 1. The predicted molar refractivity (Wildman–Crippen MR) is 112 cm³/mol. The smallest absolute Gasteiger partial charge is 0.340 e. The number of nitrogens with two attached hydrogens (primary N) is 1. The van der Waals surface area contributed by atoms with Crippen LogP contribution in [0.3, 0.4) is 0 Å². The highest BCUT2D eigenvalue weighted by atomic mass is 16.2. The van der Waals surface area contributed by atoms with Crippen LogP contribution in [0.4, 0.5) is 10.5 Å². The molecule has 1 aromatic carbocycles. The molecule has 3 amide bonds. The molecular formula is C19H30BN5O2. The third-order valence-corrected chi connectivity index (χ3v) is 4.99. The molecule has 0 radical (unpaired) electrons. The number of unbranched alkanes of at least 4 members (excludes halogenated alkanes) is 1. The lowest BCUT2D eigenvalue weighted by atomic mass is 9.93. The Bertz CT molecular complexity index is 661. The number of imide groups is 1. The first-order chi connectivity index (χ1) is 12.9. The number of carbonyl (C=O) groups excluding carboxylic acids is 2. The van der Waals surface area contributed by atoms with E-state index in [0.717, 1.165) is 61.6 Å². The van der Waals surface area contributed by atoms with Gasteiger partial charge in [-0.05, 0) is 31.5 Å². The first-order valence-corrected chi connectivity index (χ1v) is 9.43. The van der Waals surface area contributed by atoms with Gasteiger partial charge in [0.2, 0.25) is 0 Å². The number of likely N-dealkylation sites (N-methyl/N-ethyl adjacent to an activating group) is 1. The lowest BCUT2D eigenvalue weighted by molar-refractivity contribution is -0.122. The van der Waals surface area contributed by atoms with Crippen LogP contribution in [0.15, 0.2) is 36.9 Å². The van der Waals surface area contributed by atoms with Crippen molar-refractivity contribution in [3.05, 3.63) is 36.9 Å². The Labute approximate surface area is 162 Å². The Balaban J connectivity index is 1.66. The number of carbonyl (C=O) groups is 2. The van der Waals surface area contributed by atoms with Crippen molar-refractivity contribution in [2.24, 2.45) is 5.84 Å². The molecule has 27 heavy (non-hydrogen) atoms. The van der Waals surface area contributed by atoms with Crippen LogP contribution in [0.1, 0.15) is 12.8 Å². The summed E-state index contributed by atoms with van der Waals surface area (Å²) < 4.78 is 0. The van der Waals surface area contributed by atoms with E-state index in [9.17, 15) is 9.59 Å². The highest BCUT2D eigenvalue weighted by molar-refractivity contribution is 6.35. The van der Waals surface area contributed by atoms with Crippen LogP contribution >= 0.6 is 0 Å². The molecule has 0 spiro atoms. The highest BCUT2D eigenvalue weighted by Crippen LogP contribution is 2.13. The summed E-state index contributed by atoms with van der Waals surface area (Å²) in [5, 5.41) is 1.09. The lowest BCUT2D eigenvalue weighted by Crippen LogP contribution is -2.48. The van der Waals surface area contributed by atoms with E-state index in [0.29, 0.717) is 6.54 Å². The topological polar surface area (TPSA) is 73.1 Å². The largest absolute Gasteiger partial charge is 0.369 e. The summed E-state index contributed by atoms with van der Waals surface area (Å²) in [5.74, 6) is 5.31. The maximum Gasteiger partial charge on any atom is 0.340 e. The van der Waals surface area contributed by atoms with Crippen molar-refractivity contribution in [2.45, 2.75) is 12.8 Å². The number of hydrogen-bond donors (Lipinski definition) is 1. The quantitative estimate of drug-likeness (QED) is 0.179. The molecule has 0 aliphatic carbocycles. The van der Waals surface area contributed by atoms with Gasteiger partial charge in [0.05, 0.1) is 0 Å². The molecule has 7 nitrogen and oxygen atoms in total. The monoisotopic (exact) mass is 371 g/mol. The Morgan fingerprint density at radius 3 is 2.52 bits per heavy atom. The van der Waals surface area contributed by atoms with Crippen molar-refractivity contribution in [3.8, 4) is 0 Å². The summed E-state index contributed by atoms with van der Waals surface area (Å²) in [6, 6.07) is 8.00. The second kappa shape index (κ2) is 10.1. The van der Waals surface area contributed by atoms with Crippen LogP contribution < -0.4 is 16.2 Å². The van der Waals surface area contributed by atoms with Crippen LogP contribution in [0.5, 0.6) is 0 Å². The Morgan fingerprint density at radius 1 is 1.22 bits per heavy atom. The van der Waals surface area contributed by atoms with E-state index < -0.39 is 11.9 Å². The minimum absolute atomic E-state index is 0.427. The molecule has 1 aliphatic rings. The molecule has 1 fully saturated rings. The van der Waals surface area contributed by atoms with Gasteiger partial charge in [0, 0.05) is 45.5 Å². The average molecular weight is 371 g/mol. The number of amides is 3. The molecular weight excluding hydrogens is 341 g/mol. The van der Waals surface area contributed by atoms with Gasteiger partial charge in [-0.3, -0.25) is 19.6 Å². The van der Waals surface area contributed by atoms with E-state index >= 15 is 0 Å². The van der Waals surface area contributed by atoms with Crippen LogP contribution in [0, 0.1) is 0 Å². The van der Waals surface area contributed by atoms with Gasteiger partial charge >= 0.3 is 6.03 Å². The Hall–Kier alpha value is -2.32. The molecule has 0 aromatic heterocycles. The van der Waals surface area contributed by atoms with E-state index in [4.69, 9.17) is 5.84 Å². The van der Waals surface area contributed by atoms with Gasteiger partial charge in [-0.15, -0.1) is 0 Å². The van der Waals surface area contributed by atoms with Gasteiger partial charge in [-0.2, -0.15) is 0 Å². The second-order valence-corrected chi connectivity index (χ2v) is 6.90. The first-order valence-electron chi connectivity index (χ1n) is 9.43. The van der Waals surface area contributed by atoms with E-state index in [2.05, 4.69) is 48.5 Å². The standard InChI is InChI=1S/C19H30BN5O2/c1-3-18(26)22(2)19(27)25(21)11-7-6-10-23-12-14-24(15-13-23)17-9-5-4-8-16(17)20/h3-5,8-9H,1,6-7,10-15,20-21H2,2H3. The molecule has 1 saturated heterocycles. The average Bonchev–Trinajstić information content (AvgIpc) is 2.70. The molecule has 0 bridgehead atoms. The SMILES string of the molecule is Bc1ccccc1N1CCN(CCCCN(N)C(=O)N(C)C(=O)C=C)CC1. The molecule has 1 heterocycles. The van der Waals surface area contributed by atoms with E-state index in [1.807, 2.05) is 0 Å². The maximum absolute atomic E-state index is 12.0. The maximum atomic E-state index is 12.0. The number of nitrogens with zero attached hydrogens (tertiary/aromatic N) is 4. The summed E-state index contributed by atoms with van der Waals surface area (Å²) >= 11 is 0. The summed E-state index contributed by atoms with van der Waals surface area (Å²) in [4.78, 5) is 29.3. The van der Waals surface area contributed by atoms with Gasteiger partial charge in [0.25, 0.3) is 5.91 Å². The summed E-state index contributed by atoms with van der Waals surface area (Å²) in [5.41, 5.74) is 2.64. The third-order valence-electron chi connectivity index (χ3n) is 4.99. The van der Waals surface area contributed by atoms with E-state index in [1.165, 1.54) is 18.2 Å². The fourth-order valence-corrected chi connectivity index (χ4v) is 3.27. The van der Waals surface area contributed by atoms with E-state index in [-0.39, 0.29) is 0 Å². The summed E-state index contributed by atoms with van der Waals surface area (Å²) in [7, 11) is 3.56. The first kappa shape index (κ1) is 21.0. The molecule has 2 N–H and O–H groups in total. The van der Waals surface area contributed by atoms with Gasteiger partial charge in [0.1, 0.15) is 7.85 Å². The van der Waals surface area contributed by atoms with Crippen LogP contribution in [0.25, 0.3) is 0 Å². The van der Waals surface area contributed by atoms with Gasteiger partial charge in [-0.1, -0.05) is 30.2 Å². The van der Waals surface area contributed by atoms with Crippen molar-refractivity contribution in [1.82, 2.24) is 14.8 Å². The zero-order valence-corrected chi connectivity index (χ0v) is 16.4. The number of hydrogen-bond acceptors (Lipinski definition) is 5. The van der Waals surface area contributed by atoms with Crippen molar-refractivity contribution in [3.63, 3.8) is 0 Å². The number of anilines is 1. The molecule has 2 rings (SSSR count). The molecule has 146 valence electrons. The van der Waals surface area contributed by atoms with Crippen molar-refractivity contribution in [1.29, 1.82) is 0 Å². The molecule has 0 atom stereocenters. The molecule has 0 saturated carbocycles. The van der Waals surface area contributed by atoms with E-state index in [1.54, 1.807) is 0 Å². The van der Waals surface area contributed by atoms with Gasteiger partial charge in [0.15, 0.2) is 0 Å². The van der Waals surface area contributed by atoms with Crippen molar-refractivity contribution < 1.29 is 9.59 Å².